The van der Waals surface area contributed by atoms with Crippen LogP contribution in [0.1, 0.15) is 31.2 Å². The Labute approximate surface area is 139 Å². The number of aromatic hydroxyl groups is 1. The van der Waals surface area contributed by atoms with Gasteiger partial charge in [0.05, 0.1) is 4.47 Å². The number of rotatable bonds is 1. The van der Waals surface area contributed by atoms with E-state index in [2.05, 4.69) is 36.9 Å². The Hall–Kier alpha value is -1.14. The first-order valence-electron chi connectivity index (χ1n) is 6.85. The van der Waals surface area contributed by atoms with Crippen LogP contribution in [0, 0.1) is 0 Å². The molecule has 0 aliphatic carbocycles. The van der Waals surface area contributed by atoms with Crippen molar-refractivity contribution < 1.29 is 9.90 Å². The Morgan fingerprint density at radius 2 is 2.05 bits per heavy atom. The number of phenolic OH excluding ortho intramolecular Hbond substituents is 1. The zero-order valence-electron chi connectivity index (χ0n) is 11.3. The van der Waals surface area contributed by atoms with E-state index in [4.69, 9.17) is 0 Å². The zero-order valence-corrected chi connectivity index (χ0v) is 14.4. The van der Waals surface area contributed by atoms with Crippen molar-refractivity contribution in [2.45, 2.75) is 25.7 Å². The molecule has 1 aromatic carbocycles. The normalized spacial score (nSPS) is 20.5. The summed E-state index contributed by atoms with van der Waals surface area (Å²) in [6.07, 6.45) is 5.72. The van der Waals surface area contributed by atoms with E-state index in [0.717, 1.165) is 42.5 Å². The molecule has 4 nitrogen and oxygen atoms in total. The van der Waals surface area contributed by atoms with E-state index >= 15 is 0 Å². The molecule has 6 heteroatoms. The van der Waals surface area contributed by atoms with Crippen LogP contribution in [0.15, 0.2) is 31.8 Å². The molecule has 0 saturated carbocycles. The highest BCUT2D eigenvalue weighted by Gasteiger charge is 2.30. The predicted octanol–water partition coefficient (Wildman–Crippen LogP) is 4.07. The predicted molar refractivity (Wildman–Crippen MR) is 89.1 cm³/mol. The second-order valence-electron chi connectivity index (χ2n) is 5.15. The van der Waals surface area contributed by atoms with Gasteiger partial charge in [0.15, 0.2) is 0 Å². The van der Waals surface area contributed by atoms with Gasteiger partial charge in [-0.05, 0) is 47.0 Å². The van der Waals surface area contributed by atoms with Gasteiger partial charge in [0.25, 0.3) is 5.91 Å². The first-order valence-corrected chi connectivity index (χ1v) is 8.44. The smallest absolute Gasteiger partial charge is 0.277 e. The molecule has 2 aliphatic rings. The van der Waals surface area contributed by atoms with Gasteiger partial charge < -0.3 is 5.11 Å². The van der Waals surface area contributed by atoms with Gasteiger partial charge in [-0.15, -0.1) is 0 Å². The molecule has 2 aliphatic heterocycles. The second kappa shape index (κ2) is 5.93. The number of phenols is 1. The maximum Gasteiger partial charge on any atom is 0.277 e. The first-order chi connectivity index (χ1) is 10.1. The Morgan fingerprint density at radius 3 is 2.86 bits per heavy atom. The Kier molecular flexibility index (Phi) is 4.17. The van der Waals surface area contributed by atoms with Crippen LogP contribution in [0.25, 0.3) is 6.08 Å². The number of hydrogen-bond acceptors (Lipinski definition) is 3. The minimum absolute atomic E-state index is 0.0672. The summed E-state index contributed by atoms with van der Waals surface area (Å²) in [5, 5.41) is 10.1. The van der Waals surface area contributed by atoms with Gasteiger partial charge in [-0.2, -0.15) is 0 Å². The topological polar surface area (TPSA) is 52.9 Å². The maximum absolute atomic E-state index is 12.4. The molecule has 0 radical (unpaired) electrons. The summed E-state index contributed by atoms with van der Waals surface area (Å²) >= 11 is 6.67. The van der Waals surface area contributed by atoms with Crippen molar-refractivity contribution in [3.63, 3.8) is 0 Å². The van der Waals surface area contributed by atoms with Crippen LogP contribution < -0.4 is 0 Å². The van der Waals surface area contributed by atoms with Gasteiger partial charge in [-0.3, -0.25) is 9.69 Å². The molecular weight excluding hydrogens is 400 g/mol. The molecule has 0 spiro atoms. The van der Waals surface area contributed by atoms with Crippen molar-refractivity contribution in [2.24, 2.45) is 4.99 Å². The van der Waals surface area contributed by atoms with Gasteiger partial charge in [0.1, 0.15) is 17.3 Å². The van der Waals surface area contributed by atoms with Crippen LogP contribution in [0.5, 0.6) is 5.75 Å². The van der Waals surface area contributed by atoms with Crippen molar-refractivity contribution in [2.75, 3.05) is 6.54 Å². The number of hydrogen-bond donors (Lipinski definition) is 1. The number of nitrogens with zero attached hydrogens (tertiary/aromatic N) is 2. The third kappa shape index (κ3) is 2.92. The number of benzene rings is 1. The summed E-state index contributed by atoms with van der Waals surface area (Å²) in [4.78, 5) is 18.6. The van der Waals surface area contributed by atoms with Crippen LogP contribution in [0.3, 0.4) is 0 Å². The van der Waals surface area contributed by atoms with Crippen molar-refractivity contribution in [3.05, 3.63) is 32.3 Å². The molecule has 1 saturated heterocycles. The lowest BCUT2D eigenvalue weighted by atomic mass is 10.1. The number of halogens is 2. The number of aliphatic imine (C=N–C) groups is 1. The lowest BCUT2D eigenvalue weighted by Crippen LogP contribution is -2.31. The number of carbonyl (C=O) groups excluding carboxylic acids is 1. The fourth-order valence-corrected chi connectivity index (χ4v) is 3.85. The largest absolute Gasteiger partial charge is 0.506 e. The standard InChI is InChI=1S/C15H14Br2N2O2/c16-10-6-9(14(20)11(17)8-10)7-12-15(21)19-5-3-1-2-4-13(19)18-12/h6-8,20H,1-5H2/b12-7-. The highest BCUT2D eigenvalue weighted by atomic mass is 79.9. The molecule has 3 rings (SSSR count). The summed E-state index contributed by atoms with van der Waals surface area (Å²) in [7, 11) is 0. The summed E-state index contributed by atoms with van der Waals surface area (Å²) < 4.78 is 1.41. The van der Waals surface area contributed by atoms with E-state index in [-0.39, 0.29) is 11.7 Å². The molecule has 1 fully saturated rings. The van der Waals surface area contributed by atoms with Gasteiger partial charge in [0, 0.05) is 23.0 Å². The van der Waals surface area contributed by atoms with Crippen LogP contribution in [0.4, 0.5) is 0 Å². The number of carbonyl (C=O) groups is 1. The highest BCUT2D eigenvalue weighted by Crippen LogP contribution is 2.34. The molecule has 1 amide bonds. The SMILES string of the molecule is O=C1/C(=C/c2cc(Br)cc(Br)c2O)N=C2CCCCCN12. The monoisotopic (exact) mass is 412 g/mol. The third-order valence-corrected chi connectivity index (χ3v) is 4.72. The van der Waals surface area contributed by atoms with E-state index < -0.39 is 0 Å². The Balaban J connectivity index is 1.99. The fraction of sp³-hybridized carbons (Fsp3) is 0.333. The summed E-state index contributed by atoms with van der Waals surface area (Å²) in [6.45, 7) is 0.739. The molecule has 1 N–H and O–H groups in total. The molecule has 21 heavy (non-hydrogen) atoms. The molecule has 110 valence electrons. The average Bonchev–Trinajstić information content (AvgIpc) is 2.63. The molecule has 0 atom stereocenters. The number of amidine groups is 1. The first kappa shape index (κ1) is 14.8. The van der Waals surface area contributed by atoms with Gasteiger partial charge in [-0.25, -0.2) is 4.99 Å². The van der Waals surface area contributed by atoms with E-state index in [0.29, 0.717) is 15.7 Å². The van der Waals surface area contributed by atoms with Crippen molar-refractivity contribution in [1.29, 1.82) is 0 Å². The lowest BCUT2D eigenvalue weighted by molar-refractivity contribution is -0.122. The lowest BCUT2D eigenvalue weighted by Gasteiger charge is -2.14. The van der Waals surface area contributed by atoms with Crippen molar-refractivity contribution >= 4 is 49.7 Å². The van der Waals surface area contributed by atoms with E-state index in [9.17, 15) is 9.90 Å². The molecular formula is C15H14Br2N2O2. The van der Waals surface area contributed by atoms with Crippen LogP contribution in [0.2, 0.25) is 0 Å². The third-order valence-electron chi connectivity index (χ3n) is 3.66. The Morgan fingerprint density at radius 1 is 1.24 bits per heavy atom. The van der Waals surface area contributed by atoms with Crippen LogP contribution in [-0.2, 0) is 4.79 Å². The van der Waals surface area contributed by atoms with E-state index in [1.807, 2.05) is 0 Å². The average molecular weight is 414 g/mol. The number of amides is 1. The van der Waals surface area contributed by atoms with Crippen molar-refractivity contribution in [3.8, 4) is 5.75 Å². The van der Waals surface area contributed by atoms with Gasteiger partial charge >= 0.3 is 0 Å². The van der Waals surface area contributed by atoms with Gasteiger partial charge in [0.2, 0.25) is 0 Å². The highest BCUT2D eigenvalue weighted by molar-refractivity contribution is 9.11. The van der Waals surface area contributed by atoms with Crippen LogP contribution >= 0.6 is 31.9 Å². The molecule has 0 bridgehead atoms. The van der Waals surface area contributed by atoms with E-state index in [1.165, 1.54) is 0 Å². The summed E-state index contributed by atoms with van der Waals surface area (Å²) in [5.41, 5.74) is 0.966. The Bertz CT molecular complexity index is 668. The second-order valence-corrected chi connectivity index (χ2v) is 6.92. The molecule has 1 aromatic rings. The van der Waals surface area contributed by atoms with E-state index in [1.54, 1.807) is 23.1 Å². The molecule has 0 aromatic heterocycles. The minimum atomic E-state index is -0.0672. The maximum atomic E-state index is 12.4. The molecule has 2 heterocycles. The van der Waals surface area contributed by atoms with Gasteiger partial charge in [-0.1, -0.05) is 22.4 Å². The quantitative estimate of drug-likeness (QED) is 0.705. The van der Waals surface area contributed by atoms with Crippen LogP contribution in [-0.4, -0.2) is 28.3 Å². The van der Waals surface area contributed by atoms with Crippen molar-refractivity contribution in [1.82, 2.24) is 4.90 Å². The summed E-state index contributed by atoms with van der Waals surface area (Å²) in [5.74, 6) is 0.903. The summed E-state index contributed by atoms with van der Waals surface area (Å²) in [6, 6.07) is 3.53. The molecule has 0 unspecified atom stereocenters. The number of fused-ring (bicyclic) bond motifs is 1. The minimum Gasteiger partial charge on any atom is -0.506 e. The zero-order chi connectivity index (χ0) is 15.0. The fourth-order valence-electron chi connectivity index (χ4n) is 2.59.